The predicted molar refractivity (Wildman–Crippen MR) is 103 cm³/mol. The molecule has 162 valence electrons. The maximum Gasteiger partial charge on any atom is 0.416 e. The highest BCUT2D eigenvalue weighted by Gasteiger charge is 2.31. The SMILES string of the molecule is COCC1CCN(C(=O)/C=C/c2ccc(C(F)(F)F)cc2Cn2nnc(C)n2)CC1. The Morgan fingerprint density at radius 3 is 2.63 bits per heavy atom. The third-order valence-electron chi connectivity index (χ3n) is 5.07. The van der Waals surface area contributed by atoms with Crippen molar-refractivity contribution < 1.29 is 22.7 Å². The number of ether oxygens (including phenoxy) is 1. The van der Waals surface area contributed by atoms with Gasteiger partial charge in [-0.1, -0.05) is 6.07 Å². The Labute approximate surface area is 172 Å². The Kier molecular flexibility index (Phi) is 6.86. The zero-order valence-corrected chi connectivity index (χ0v) is 16.9. The van der Waals surface area contributed by atoms with Gasteiger partial charge in [-0.2, -0.15) is 18.0 Å². The standard InChI is InChI=1S/C20H24F3N5O2/c1-14-24-26-28(25-14)12-17-11-18(20(21,22)23)5-3-16(17)4-6-19(29)27-9-7-15(8-10-27)13-30-2/h3-6,11,15H,7-10,12-13H2,1-2H3/b6-4+. The molecule has 1 fully saturated rings. The largest absolute Gasteiger partial charge is 0.416 e. The number of piperidine rings is 1. The molecule has 1 aliphatic rings. The molecular weight excluding hydrogens is 399 g/mol. The van der Waals surface area contributed by atoms with E-state index in [4.69, 9.17) is 4.74 Å². The highest BCUT2D eigenvalue weighted by Crippen LogP contribution is 2.31. The number of rotatable bonds is 6. The van der Waals surface area contributed by atoms with Crippen LogP contribution in [0, 0.1) is 12.8 Å². The Hall–Kier alpha value is -2.75. The number of aryl methyl sites for hydroxylation is 1. The number of benzene rings is 1. The summed E-state index contributed by atoms with van der Waals surface area (Å²) in [6.07, 6.45) is 0.225. The Morgan fingerprint density at radius 2 is 2.03 bits per heavy atom. The van der Waals surface area contributed by atoms with E-state index in [1.54, 1.807) is 25.0 Å². The van der Waals surface area contributed by atoms with Crippen molar-refractivity contribution in [1.82, 2.24) is 25.1 Å². The first-order valence-electron chi connectivity index (χ1n) is 9.66. The van der Waals surface area contributed by atoms with E-state index in [9.17, 15) is 18.0 Å². The van der Waals surface area contributed by atoms with Gasteiger partial charge in [0.1, 0.15) is 0 Å². The van der Waals surface area contributed by atoms with Crippen LogP contribution in [0.25, 0.3) is 6.08 Å². The van der Waals surface area contributed by atoms with Gasteiger partial charge in [0.15, 0.2) is 5.82 Å². The van der Waals surface area contributed by atoms with Crippen molar-refractivity contribution in [2.45, 2.75) is 32.5 Å². The summed E-state index contributed by atoms with van der Waals surface area (Å²) in [4.78, 5) is 15.5. The summed E-state index contributed by atoms with van der Waals surface area (Å²) >= 11 is 0. The number of nitrogens with zero attached hydrogens (tertiary/aromatic N) is 5. The highest BCUT2D eigenvalue weighted by atomic mass is 19.4. The molecule has 2 heterocycles. The summed E-state index contributed by atoms with van der Waals surface area (Å²) in [6.45, 7) is 3.62. The second-order valence-electron chi connectivity index (χ2n) is 7.34. The topological polar surface area (TPSA) is 73.1 Å². The van der Waals surface area contributed by atoms with Crippen molar-refractivity contribution in [3.8, 4) is 0 Å². The van der Waals surface area contributed by atoms with Gasteiger partial charge in [0, 0.05) is 32.9 Å². The van der Waals surface area contributed by atoms with Crippen LogP contribution in [-0.4, -0.2) is 57.8 Å². The summed E-state index contributed by atoms with van der Waals surface area (Å²) in [5, 5.41) is 11.6. The minimum absolute atomic E-state index is 0.0149. The average Bonchev–Trinajstić information content (AvgIpc) is 3.11. The molecule has 0 N–H and O–H groups in total. The number of methoxy groups -OCH3 is 1. The first-order chi connectivity index (χ1) is 14.3. The van der Waals surface area contributed by atoms with Crippen LogP contribution >= 0.6 is 0 Å². The molecule has 10 heteroatoms. The third-order valence-corrected chi connectivity index (χ3v) is 5.07. The van der Waals surface area contributed by atoms with Crippen LogP contribution in [0.3, 0.4) is 0 Å². The van der Waals surface area contributed by atoms with Gasteiger partial charge in [0.2, 0.25) is 5.91 Å². The zero-order valence-electron chi connectivity index (χ0n) is 16.9. The maximum absolute atomic E-state index is 13.1. The number of amides is 1. The van der Waals surface area contributed by atoms with Crippen LogP contribution in [0.1, 0.15) is 35.4 Å². The quantitative estimate of drug-likeness (QED) is 0.668. The van der Waals surface area contributed by atoms with E-state index in [0.29, 0.717) is 42.6 Å². The fourth-order valence-corrected chi connectivity index (χ4v) is 3.45. The molecule has 1 aromatic carbocycles. The third kappa shape index (κ3) is 5.65. The van der Waals surface area contributed by atoms with Crippen LogP contribution in [0.4, 0.5) is 13.2 Å². The van der Waals surface area contributed by atoms with Gasteiger partial charge in [0.05, 0.1) is 12.1 Å². The van der Waals surface area contributed by atoms with E-state index in [0.717, 1.165) is 25.0 Å². The van der Waals surface area contributed by atoms with E-state index < -0.39 is 11.7 Å². The number of hydrogen-bond donors (Lipinski definition) is 0. The second kappa shape index (κ2) is 9.38. The monoisotopic (exact) mass is 423 g/mol. The smallest absolute Gasteiger partial charge is 0.384 e. The van der Waals surface area contributed by atoms with Crippen molar-refractivity contribution in [3.05, 3.63) is 46.8 Å². The highest BCUT2D eigenvalue weighted by molar-refractivity contribution is 5.92. The molecule has 1 amide bonds. The van der Waals surface area contributed by atoms with Crippen molar-refractivity contribution in [2.24, 2.45) is 5.92 Å². The Bertz CT molecular complexity index is 902. The second-order valence-corrected chi connectivity index (χ2v) is 7.34. The minimum atomic E-state index is -4.47. The first-order valence-corrected chi connectivity index (χ1v) is 9.66. The van der Waals surface area contributed by atoms with E-state index in [-0.39, 0.29) is 12.5 Å². The van der Waals surface area contributed by atoms with E-state index in [2.05, 4.69) is 15.4 Å². The van der Waals surface area contributed by atoms with Gasteiger partial charge >= 0.3 is 6.18 Å². The average molecular weight is 423 g/mol. The van der Waals surface area contributed by atoms with Crippen LogP contribution in [0.2, 0.25) is 0 Å². The molecule has 0 aliphatic carbocycles. The lowest BCUT2D eigenvalue weighted by molar-refractivity contribution is -0.137. The molecule has 0 unspecified atom stereocenters. The molecule has 3 rings (SSSR count). The predicted octanol–water partition coefficient (Wildman–Crippen LogP) is 2.95. The number of carbonyl (C=O) groups is 1. The lowest BCUT2D eigenvalue weighted by Crippen LogP contribution is -2.38. The van der Waals surface area contributed by atoms with E-state index in [1.165, 1.54) is 16.9 Å². The number of carbonyl (C=O) groups excluding carboxylic acids is 1. The van der Waals surface area contributed by atoms with Crippen molar-refractivity contribution in [1.29, 1.82) is 0 Å². The van der Waals surface area contributed by atoms with Crippen LogP contribution in [-0.2, 0) is 22.3 Å². The summed E-state index contributed by atoms with van der Waals surface area (Å²) in [7, 11) is 1.66. The first kappa shape index (κ1) is 21.9. The molecule has 1 aliphatic heterocycles. The van der Waals surface area contributed by atoms with Gasteiger partial charge in [-0.15, -0.1) is 10.2 Å². The number of tetrazole rings is 1. The number of alkyl halides is 3. The molecule has 2 aromatic rings. The summed E-state index contributed by atoms with van der Waals surface area (Å²) in [6, 6.07) is 3.42. The fraction of sp³-hybridized carbons (Fsp3) is 0.500. The summed E-state index contributed by atoms with van der Waals surface area (Å²) in [5.74, 6) is 0.709. The van der Waals surface area contributed by atoms with Crippen LogP contribution < -0.4 is 0 Å². The maximum atomic E-state index is 13.1. The van der Waals surface area contributed by atoms with Crippen LogP contribution in [0.5, 0.6) is 0 Å². The van der Waals surface area contributed by atoms with Crippen LogP contribution in [0.15, 0.2) is 24.3 Å². The molecule has 0 bridgehead atoms. The minimum Gasteiger partial charge on any atom is -0.384 e. The molecular formula is C20H24F3N5O2. The molecule has 7 nitrogen and oxygen atoms in total. The number of halogens is 3. The Morgan fingerprint density at radius 1 is 1.30 bits per heavy atom. The lowest BCUT2D eigenvalue weighted by Gasteiger charge is -2.30. The molecule has 1 saturated heterocycles. The van der Waals surface area contributed by atoms with E-state index in [1.807, 2.05) is 0 Å². The van der Waals surface area contributed by atoms with Gasteiger partial charge < -0.3 is 9.64 Å². The number of aromatic nitrogens is 4. The van der Waals surface area contributed by atoms with Gasteiger partial charge in [-0.05, 0) is 60.2 Å². The van der Waals surface area contributed by atoms with Crippen molar-refractivity contribution >= 4 is 12.0 Å². The molecule has 0 spiro atoms. The van der Waals surface area contributed by atoms with E-state index >= 15 is 0 Å². The van der Waals surface area contributed by atoms with Gasteiger partial charge in [-0.3, -0.25) is 4.79 Å². The number of hydrogen-bond acceptors (Lipinski definition) is 5. The number of likely N-dealkylation sites (tertiary alicyclic amines) is 1. The zero-order chi connectivity index (χ0) is 21.7. The van der Waals surface area contributed by atoms with Crippen molar-refractivity contribution in [2.75, 3.05) is 26.8 Å². The molecule has 1 aromatic heterocycles. The van der Waals surface area contributed by atoms with Gasteiger partial charge in [-0.25, -0.2) is 0 Å². The Balaban J connectivity index is 1.76. The summed E-state index contributed by atoms with van der Waals surface area (Å²) in [5.41, 5.74) is 0.0867. The summed E-state index contributed by atoms with van der Waals surface area (Å²) < 4.78 is 44.6. The van der Waals surface area contributed by atoms with Gasteiger partial charge in [0.25, 0.3) is 0 Å². The molecule has 0 atom stereocenters. The van der Waals surface area contributed by atoms with Crippen molar-refractivity contribution in [3.63, 3.8) is 0 Å². The normalized spacial score (nSPS) is 15.8. The lowest BCUT2D eigenvalue weighted by atomic mass is 9.97. The molecule has 30 heavy (non-hydrogen) atoms. The molecule has 0 saturated carbocycles. The fourth-order valence-electron chi connectivity index (χ4n) is 3.45. The molecule has 0 radical (unpaired) electrons.